The molecule has 0 saturated heterocycles. The second-order valence-electron chi connectivity index (χ2n) is 6.92. The first kappa shape index (κ1) is 22.7. The third-order valence-corrected chi connectivity index (χ3v) is 4.60. The fourth-order valence-corrected chi connectivity index (χ4v) is 3.09. The topological polar surface area (TPSA) is 127 Å². The highest BCUT2D eigenvalue weighted by molar-refractivity contribution is 5.87. The number of rotatable bonds is 9. The van der Waals surface area contributed by atoms with Gasteiger partial charge in [0.05, 0.1) is 6.61 Å². The van der Waals surface area contributed by atoms with Gasteiger partial charge in [-0.15, -0.1) is 0 Å². The van der Waals surface area contributed by atoms with Crippen LogP contribution in [-0.2, 0) is 36.8 Å². The van der Waals surface area contributed by atoms with Crippen LogP contribution in [0.4, 0.5) is 4.79 Å². The number of aromatic hydroxyl groups is 1. The van der Waals surface area contributed by atoms with Crippen LogP contribution in [0.5, 0.6) is 5.75 Å². The van der Waals surface area contributed by atoms with Crippen molar-refractivity contribution in [2.24, 2.45) is 0 Å². The van der Waals surface area contributed by atoms with E-state index in [0.29, 0.717) is 10.9 Å². The fourth-order valence-electron chi connectivity index (χ4n) is 3.09. The van der Waals surface area contributed by atoms with Gasteiger partial charge in [0.2, 0.25) is 0 Å². The number of hydrogen-bond acceptors (Lipinski definition) is 7. The standard InChI is InChI=1S/C23H24N2O7/c1-2-30-21(27)14-31-22(28)20(25-23(29)32-13-15-6-4-3-5-7-15)10-16-12-24-19-9-8-17(26)11-18(16)19/h3-9,11-12,20,24,26H,2,10,13-14H2,1H3,(H,25,29). The van der Waals surface area contributed by atoms with Crippen LogP contribution in [0.15, 0.2) is 54.7 Å². The van der Waals surface area contributed by atoms with Crippen molar-refractivity contribution in [3.63, 3.8) is 0 Å². The molecule has 9 heteroatoms. The molecular formula is C23H24N2O7. The molecule has 1 aromatic heterocycles. The molecule has 1 heterocycles. The number of ether oxygens (including phenoxy) is 3. The van der Waals surface area contributed by atoms with Gasteiger partial charge in [0, 0.05) is 23.5 Å². The third kappa shape index (κ3) is 6.24. The molecule has 0 spiro atoms. The van der Waals surface area contributed by atoms with Crippen LogP contribution in [0.1, 0.15) is 18.1 Å². The molecule has 3 N–H and O–H groups in total. The van der Waals surface area contributed by atoms with E-state index >= 15 is 0 Å². The number of H-pyrrole nitrogens is 1. The number of fused-ring (bicyclic) bond motifs is 1. The van der Waals surface area contributed by atoms with Gasteiger partial charge in [0.1, 0.15) is 18.4 Å². The molecule has 0 aliphatic carbocycles. The molecule has 9 nitrogen and oxygen atoms in total. The maximum Gasteiger partial charge on any atom is 0.408 e. The highest BCUT2D eigenvalue weighted by Gasteiger charge is 2.26. The number of carbonyl (C=O) groups is 3. The molecule has 3 rings (SSSR count). The summed E-state index contributed by atoms with van der Waals surface area (Å²) in [6, 6.07) is 12.7. The lowest BCUT2D eigenvalue weighted by Crippen LogP contribution is -2.44. The third-order valence-electron chi connectivity index (χ3n) is 4.60. The molecule has 168 valence electrons. The first-order chi connectivity index (χ1) is 15.5. The Hall–Kier alpha value is -4.01. The molecule has 0 fully saturated rings. The predicted molar refractivity (Wildman–Crippen MR) is 115 cm³/mol. The number of esters is 2. The summed E-state index contributed by atoms with van der Waals surface area (Å²) in [5, 5.41) is 13.0. The van der Waals surface area contributed by atoms with Crippen molar-refractivity contribution >= 4 is 28.9 Å². The number of phenolic OH excluding ortho intramolecular Hbond substituents is 1. The first-order valence-electron chi connectivity index (χ1n) is 10.0. The van der Waals surface area contributed by atoms with Crippen molar-refractivity contribution in [3.8, 4) is 5.75 Å². The van der Waals surface area contributed by atoms with Gasteiger partial charge < -0.3 is 29.6 Å². The van der Waals surface area contributed by atoms with E-state index in [2.05, 4.69) is 10.3 Å². The van der Waals surface area contributed by atoms with Crippen molar-refractivity contribution in [2.45, 2.75) is 26.0 Å². The summed E-state index contributed by atoms with van der Waals surface area (Å²) in [6.07, 6.45) is 0.910. The zero-order chi connectivity index (χ0) is 22.9. The first-order valence-corrected chi connectivity index (χ1v) is 10.0. The van der Waals surface area contributed by atoms with Crippen LogP contribution >= 0.6 is 0 Å². The van der Waals surface area contributed by atoms with Gasteiger partial charge in [-0.1, -0.05) is 30.3 Å². The van der Waals surface area contributed by atoms with E-state index in [-0.39, 0.29) is 25.4 Å². The normalized spacial score (nSPS) is 11.5. The smallest absolute Gasteiger partial charge is 0.408 e. The quantitative estimate of drug-likeness (QED) is 0.345. The van der Waals surface area contributed by atoms with E-state index in [0.717, 1.165) is 11.1 Å². The van der Waals surface area contributed by atoms with Crippen molar-refractivity contribution in [2.75, 3.05) is 13.2 Å². The second kappa shape index (κ2) is 10.9. The molecule has 1 unspecified atom stereocenters. The Bertz CT molecular complexity index is 1080. The van der Waals surface area contributed by atoms with Crippen LogP contribution in [0, 0.1) is 0 Å². The fraction of sp³-hybridized carbons (Fsp3) is 0.261. The molecule has 1 atom stereocenters. The van der Waals surface area contributed by atoms with Gasteiger partial charge in [-0.2, -0.15) is 0 Å². The zero-order valence-corrected chi connectivity index (χ0v) is 17.5. The molecule has 0 bridgehead atoms. The maximum absolute atomic E-state index is 12.6. The molecule has 2 aromatic carbocycles. The van der Waals surface area contributed by atoms with Crippen molar-refractivity contribution < 1.29 is 33.7 Å². The number of benzene rings is 2. The van der Waals surface area contributed by atoms with Gasteiger partial charge in [0.15, 0.2) is 6.61 Å². The monoisotopic (exact) mass is 440 g/mol. The molecule has 3 aromatic rings. The summed E-state index contributed by atoms with van der Waals surface area (Å²) >= 11 is 0. The average Bonchev–Trinajstić information content (AvgIpc) is 3.18. The van der Waals surface area contributed by atoms with E-state index in [1.807, 2.05) is 18.2 Å². The van der Waals surface area contributed by atoms with Crippen LogP contribution < -0.4 is 5.32 Å². The molecule has 0 aliphatic heterocycles. The number of phenols is 1. The van der Waals surface area contributed by atoms with E-state index in [1.165, 1.54) is 6.07 Å². The molecule has 0 aliphatic rings. The minimum absolute atomic E-state index is 0.0260. The van der Waals surface area contributed by atoms with Crippen molar-refractivity contribution in [3.05, 3.63) is 65.9 Å². The molecule has 0 saturated carbocycles. The Morgan fingerprint density at radius 3 is 2.59 bits per heavy atom. The lowest BCUT2D eigenvalue weighted by Gasteiger charge is -2.17. The Morgan fingerprint density at radius 1 is 1.06 bits per heavy atom. The van der Waals surface area contributed by atoms with E-state index in [4.69, 9.17) is 14.2 Å². The maximum atomic E-state index is 12.6. The lowest BCUT2D eigenvalue weighted by atomic mass is 10.0. The van der Waals surface area contributed by atoms with E-state index in [9.17, 15) is 19.5 Å². The summed E-state index contributed by atoms with van der Waals surface area (Å²) in [5.41, 5.74) is 2.21. The van der Waals surface area contributed by atoms with Crippen LogP contribution in [0.3, 0.4) is 0 Å². The van der Waals surface area contributed by atoms with Crippen molar-refractivity contribution in [1.82, 2.24) is 10.3 Å². The number of aromatic amines is 1. The average molecular weight is 440 g/mol. The van der Waals surface area contributed by atoms with Gasteiger partial charge in [0.25, 0.3) is 0 Å². The van der Waals surface area contributed by atoms with E-state index in [1.54, 1.807) is 37.4 Å². The summed E-state index contributed by atoms with van der Waals surface area (Å²) in [7, 11) is 0. The Balaban J connectivity index is 1.70. The highest BCUT2D eigenvalue weighted by Crippen LogP contribution is 2.24. The van der Waals surface area contributed by atoms with Crippen LogP contribution in [0.2, 0.25) is 0 Å². The molecule has 0 radical (unpaired) electrons. The number of alkyl carbamates (subject to hydrolysis) is 1. The van der Waals surface area contributed by atoms with E-state index < -0.39 is 30.7 Å². The summed E-state index contributed by atoms with van der Waals surface area (Å²) in [6.45, 7) is 1.25. The molecule has 32 heavy (non-hydrogen) atoms. The minimum Gasteiger partial charge on any atom is -0.508 e. The second-order valence-corrected chi connectivity index (χ2v) is 6.92. The summed E-state index contributed by atoms with van der Waals surface area (Å²) < 4.78 is 15.0. The van der Waals surface area contributed by atoms with Crippen LogP contribution in [0.25, 0.3) is 10.9 Å². The largest absolute Gasteiger partial charge is 0.508 e. The number of carbonyl (C=O) groups excluding carboxylic acids is 3. The predicted octanol–water partition coefficient (Wildman–Crippen LogP) is 2.82. The van der Waals surface area contributed by atoms with Crippen molar-refractivity contribution in [1.29, 1.82) is 0 Å². The van der Waals surface area contributed by atoms with Gasteiger partial charge in [-0.25, -0.2) is 14.4 Å². The van der Waals surface area contributed by atoms with Crippen LogP contribution in [-0.4, -0.2) is 47.4 Å². The Labute approximate surface area is 184 Å². The number of hydrogen-bond donors (Lipinski definition) is 3. The Morgan fingerprint density at radius 2 is 1.84 bits per heavy atom. The SMILES string of the molecule is CCOC(=O)COC(=O)C(Cc1c[nH]c2ccc(O)cc12)NC(=O)OCc1ccccc1. The van der Waals surface area contributed by atoms with Gasteiger partial charge >= 0.3 is 18.0 Å². The molecular weight excluding hydrogens is 416 g/mol. The zero-order valence-electron chi connectivity index (χ0n) is 17.5. The van der Waals surface area contributed by atoms with Gasteiger partial charge in [-0.05, 0) is 36.2 Å². The summed E-state index contributed by atoms with van der Waals surface area (Å²) in [4.78, 5) is 39.6. The minimum atomic E-state index is -1.13. The summed E-state index contributed by atoms with van der Waals surface area (Å²) in [5.74, 6) is -1.44. The number of nitrogens with one attached hydrogen (secondary N) is 2. The Kier molecular flexibility index (Phi) is 7.69. The molecule has 1 amide bonds. The highest BCUT2D eigenvalue weighted by atomic mass is 16.6. The lowest BCUT2D eigenvalue weighted by molar-refractivity contribution is -0.159. The number of aromatic nitrogens is 1. The number of amides is 1. The van der Waals surface area contributed by atoms with Gasteiger partial charge in [-0.3, -0.25) is 0 Å².